The molecule has 0 saturated carbocycles. The average molecular weight is 2140 g/mol. The van der Waals surface area contributed by atoms with E-state index in [9.17, 15) is 35.7 Å². The molecule has 0 spiro atoms. The van der Waals surface area contributed by atoms with Crippen molar-refractivity contribution in [2.45, 2.75) is 209 Å². The summed E-state index contributed by atoms with van der Waals surface area (Å²) in [6, 6.07) is 80.6. The molecule has 27 rings (SSSR count). The van der Waals surface area contributed by atoms with Crippen LogP contribution in [-0.2, 0) is 43.3 Å². The zero-order chi connectivity index (χ0) is 98.8. The predicted octanol–water partition coefficient (Wildman–Crippen LogP) is 30.4. The van der Waals surface area contributed by atoms with Crippen LogP contribution in [0.25, 0.3) is 159 Å². The zero-order valence-electron chi connectivity index (χ0n) is 85.2. The van der Waals surface area contributed by atoms with E-state index in [1.807, 2.05) is 0 Å². The van der Waals surface area contributed by atoms with Crippen molar-refractivity contribution in [2.24, 2.45) is 20.0 Å². The molecule has 0 unspecified atom stereocenters. The Morgan fingerprint density at radius 2 is 0.599 bits per heavy atom. The van der Waals surface area contributed by atoms with Gasteiger partial charge in [0.1, 0.15) is 0 Å². The fourth-order valence-electron chi connectivity index (χ4n) is 24.7. The van der Waals surface area contributed by atoms with Gasteiger partial charge in [0.2, 0.25) is 0 Å². The van der Waals surface area contributed by atoms with Gasteiger partial charge >= 0.3 is 860 Å². The quantitative estimate of drug-likeness (QED) is 0.0936. The van der Waals surface area contributed by atoms with Crippen LogP contribution < -0.4 is 26.5 Å². The molecule has 700 valence electrons. The van der Waals surface area contributed by atoms with Gasteiger partial charge in [-0.15, -0.1) is 0 Å². The summed E-state index contributed by atoms with van der Waals surface area (Å²) in [6.07, 6.45) is 14.0. The monoisotopic (exact) mass is 2140 g/mol. The molecule has 142 heavy (non-hydrogen) atoms. The number of nitrogens with zero attached hydrogens (tertiary/aromatic N) is 8. The Morgan fingerprint density at radius 1 is 0.239 bits per heavy atom. The van der Waals surface area contributed by atoms with Gasteiger partial charge in [-0.05, 0) is 0 Å². The first-order valence-electron chi connectivity index (χ1n) is 50.4. The summed E-state index contributed by atoms with van der Waals surface area (Å²) in [7, 11) is 40.3. The Kier molecular flexibility index (Phi) is 18.2. The standard InChI is InChI=1S/C128H112N8.4ClH.2Sn/c1-121(2,3)75-47-71(48-76(56-75)122(4,5)6)106-92-41-44-95(129-92)112(84-39-36-68-33-31-65-27-25-28-67-35-38-83(84)105(68)103(65)67)96-45-42-93(130-96)107(72-49-77(123(7,8)9)57-78(50-72)124(10,11)12)99-63-89-90-64-102-109(74-53-81(127(19,20)21)59-82(54-74)128(22,23)24)101-60-86-85-40-37-69-34-32-66-29-26-30-70-55-91(111(85)110(69)104(66)70)113(116(86)132-101)97-46-43-94(131-97)108(73-51-79(125(13,14)15)58-80(52-73)126(16,17)18)100-62-88-87-61-98(106)133-117(87)114(119(89)134-99)115(118(88)135-100)120(90)136-102;;;;;;/h25-64H,1-24H3;4*1H;;/q-4;;;;;2*+4/p-4. The van der Waals surface area contributed by atoms with Gasteiger partial charge < -0.3 is 0 Å². The van der Waals surface area contributed by atoms with Gasteiger partial charge in [-0.3, -0.25) is 0 Å². The van der Waals surface area contributed by atoms with Gasteiger partial charge in [0, 0.05) is 0 Å². The summed E-state index contributed by atoms with van der Waals surface area (Å²) in [5.74, 6) is 0. The van der Waals surface area contributed by atoms with Crippen LogP contribution in [0.15, 0.2) is 262 Å². The Morgan fingerprint density at radius 3 is 1.04 bits per heavy atom. The topological polar surface area (TPSA) is 69.2 Å². The van der Waals surface area contributed by atoms with Crippen LogP contribution in [0.3, 0.4) is 0 Å². The molecule has 0 amide bonds. The number of halogens is 4. The van der Waals surface area contributed by atoms with Crippen molar-refractivity contribution in [1.82, 2.24) is 11.2 Å². The number of fused-ring (bicyclic) bond motifs is 7. The van der Waals surface area contributed by atoms with Gasteiger partial charge in [-0.1, -0.05) is 0 Å². The number of allylic oxidation sites excluding steroid dienone is 4. The number of aromatic nitrogens is 4. The van der Waals surface area contributed by atoms with Crippen LogP contribution in [0.4, 0.5) is 11.4 Å². The number of aliphatic imine (C=N–C) groups is 4. The maximum absolute atomic E-state index is 10.1. The Bertz CT molecular complexity index is 9750. The van der Waals surface area contributed by atoms with Gasteiger partial charge in [0.15, 0.2) is 0 Å². The van der Waals surface area contributed by atoms with E-state index in [1.165, 1.54) is 93.0 Å². The fraction of sp³-hybridized carbons (Fsp3) is 0.250. The Balaban J connectivity index is 0.930. The molecular formula is C128H112Cl4N8Sn2. The summed E-state index contributed by atoms with van der Waals surface area (Å²) < 4.78 is 10.1. The second kappa shape index (κ2) is 28.9. The second-order valence-electron chi connectivity index (χ2n) is 49.9. The van der Waals surface area contributed by atoms with Crippen molar-refractivity contribution >= 4 is 262 Å². The molecular weight excluding hydrogens is 2030 g/mol. The van der Waals surface area contributed by atoms with Crippen LogP contribution >= 0.6 is 35.7 Å². The minimum atomic E-state index is -6.20. The van der Waals surface area contributed by atoms with Crippen molar-refractivity contribution < 1.29 is 0 Å². The van der Waals surface area contributed by atoms with Gasteiger partial charge in [0.25, 0.3) is 0 Å². The molecule has 14 heteroatoms. The third-order valence-electron chi connectivity index (χ3n) is 32.4. The first-order valence-corrected chi connectivity index (χ1v) is 70.0. The minimum absolute atomic E-state index is 0.304. The molecule has 12 heterocycles. The van der Waals surface area contributed by atoms with Crippen molar-refractivity contribution in [1.29, 1.82) is 0 Å². The molecule has 0 N–H and O–H groups in total. The third-order valence-corrected chi connectivity index (χ3v) is 53.0. The summed E-state index contributed by atoms with van der Waals surface area (Å²) in [5, 5.41) is 25.5. The molecule has 15 aromatic carbocycles. The van der Waals surface area contributed by atoms with E-state index >= 15 is 0 Å². The molecule has 0 fully saturated rings. The molecule has 12 bridgehead atoms. The van der Waals surface area contributed by atoms with E-state index in [1.54, 1.807) is 0 Å². The molecule has 8 nitrogen and oxygen atoms in total. The third kappa shape index (κ3) is 12.6. The summed E-state index contributed by atoms with van der Waals surface area (Å²) in [6.45, 7) is 56.2. The second-order valence-corrected chi connectivity index (χ2v) is 77.6. The average Bonchev–Trinajstić information content (AvgIpc) is 1.49. The van der Waals surface area contributed by atoms with Gasteiger partial charge in [-0.25, -0.2) is 0 Å². The molecule has 8 aliphatic rings. The van der Waals surface area contributed by atoms with Crippen molar-refractivity contribution in [3.05, 3.63) is 358 Å². The normalized spacial score (nSPS) is 16.7. The molecule has 0 radical (unpaired) electrons. The van der Waals surface area contributed by atoms with Crippen LogP contribution in [0.2, 0.25) is 0 Å². The molecule has 0 atom stereocenters. The van der Waals surface area contributed by atoms with Crippen LogP contribution in [0.1, 0.15) is 255 Å². The first-order chi connectivity index (χ1) is 66.9. The van der Waals surface area contributed by atoms with E-state index in [4.69, 9.17) is 20.0 Å². The molecule has 19 aromatic rings. The van der Waals surface area contributed by atoms with Gasteiger partial charge in [-0.2, -0.15) is 0 Å². The van der Waals surface area contributed by atoms with Crippen molar-refractivity contribution in [3.8, 4) is 0 Å². The number of benzene rings is 15. The summed E-state index contributed by atoms with van der Waals surface area (Å²) in [5.41, 5.74) is 28.4. The van der Waals surface area contributed by atoms with E-state index in [0.717, 1.165) is 215 Å². The van der Waals surface area contributed by atoms with Crippen molar-refractivity contribution in [2.75, 3.05) is 0 Å². The van der Waals surface area contributed by atoms with E-state index in [0.29, 0.717) is 0 Å². The van der Waals surface area contributed by atoms with Crippen LogP contribution in [0, 0.1) is 0 Å². The maximum atomic E-state index is 10.1. The van der Waals surface area contributed by atoms with E-state index in [-0.39, 0.29) is 43.3 Å². The van der Waals surface area contributed by atoms with Crippen LogP contribution in [0.5, 0.6) is 0 Å². The summed E-state index contributed by atoms with van der Waals surface area (Å²) in [4.78, 5) is 26.0. The first kappa shape index (κ1) is 89.5. The molecule has 0 saturated heterocycles. The molecule has 0 aliphatic carbocycles. The van der Waals surface area contributed by atoms with Crippen LogP contribution in [-0.4, -0.2) is 67.3 Å². The van der Waals surface area contributed by atoms with Gasteiger partial charge in [0.05, 0.1) is 0 Å². The number of hydrogen-bond acceptors (Lipinski definition) is 4. The Hall–Kier alpha value is -11.3. The SMILES string of the molecule is CC(C)(C)c1cc(C2=C3C=CC(=N3)C(c3ccc4ccc5cccc6ccc3c4c56)=c3ccc4[n]3[Sn]([Cl])([Cl])[n]3c2cc2c5c6c7c(c8c(c9cc%10[n](c97)[Sn]([Cl])([Cl])[n]7c(cc9c%11ccc%12ccc%13cccc%14cc(c(c97)C7=NC(=C%10c9cc(C(C)(C)C)cc(C(C)(C)C)c9)C=C7)c%11c%12c%13%14)=C(c7cc(C(C)(C)C)cc(C(C)(C)C)c7)C(=N6)C=5)=CC(=N8)C=4c4cc(C(C)(C)C)cc(C(C)(C)C)c4)c23)cc(C(C)(C)C)c1. The molecule has 4 aromatic heterocycles. The predicted molar refractivity (Wildman–Crippen MR) is 613 cm³/mol. The van der Waals surface area contributed by atoms with Crippen molar-refractivity contribution in [3.63, 3.8) is 0 Å². The molecule has 8 aliphatic heterocycles. The number of rotatable bonds is 5. The Labute approximate surface area is 852 Å². The zero-order valence-corrected chi connectivity index (χ0v) is 93.9. The number of hydrogen-bond donors (Lipinski definition) is 0. The fourth-order valence-corrected chi connectivity index (χ4v) is 46.4. The van der Waals surface area contributed by atoms with E-state index in [2.05, 4.69) is 420 Å². The summed E-state index contributed by atoms with van der Waals surface area (Å²) >= 11 is -12.4. The van der Waals surface area contributed by atoms with E-state index < -0.39 is 33.3 Å².